The maximum absolute atomic E-state index is 12.7. The van der Waals surface area contributed by atoms with Gasteiger partial charge in [-0.25, -0.2) is 8.42 Å². The van der Waals surface area contributed by atoms with E-state index in [4.69, 9.17) is 27.9 Å². The van der Waals surface area contributed by atoms with E-state index in [1.807, 2.05) is 0 Å². The molecule has 1 heterocycles. The number of nitrogens with zero attached hydrogens (tertiary/aromatic N) is 1. The lowest BCUT2D eigenvalue weighted by Crippen LogP contribution is -2.36. The normalized spacial score (nSPS) is 16.0. The number of halogens is 2. The van der Waals surface area contributed by atoms with E-state index in [9.17, 15) is 8.42 Å². The van der Waals surface area contributed by atoms with Crippen LogP contribution < -0.4 is 14.8 Å². The van der Waals surface area contributed by atoms with Crippen molar-refractivity contribution in [2.45, 2.75) is 23.8 Å². The number of methoxy groups -OCH3 is 1. The van der Waals surface area contributed by atoms with Gasteiger partial charge in [-0.2, -0.15) is 0 Å². The maximum atomic E-state index is 12.7. The predicted octanol–water partition coefficient (Wildman–Crippen LogP) is 4.31. The van der Waals surface area contributed by atoms with Crippen LogP contribution in [0.25, 0.3) is 0 Å². The second-order valence-corrected chi connectivity index (χ2v) is 9.24. The first-order chi connectivity index (χ1) is 13.3. The van der Waals surface area contributed by atoms with Crippen molar-refractivity contribution in [2.24, 2.45) is 0 Å². The molecule has 1 saturated heterocycles. The molecule has 1 aliphatic rings. The van der Waals surface area contributed by atoms with Crippen LogP contribution in [0.2, 0.25) is 10.0 Å². The van der Waals surface area contributed by atoms with E-state index in [0.29, 0.717) is 11.4 Å². The van der Waals surface area contributed by atoms with Crippen LogP contribution in [0.15, 0.2) is 41.3 Å². The Morgan fingerprint density at radius 1 is 1.14 bits per heavy atom. The Labute approximate surface area is 175 Å². The molecule has 152 valence electrons. The van der Waals surface area contributed by atoms with Crippen molar-refractivity contribution in [3.05, 3.63) is 46.4 Å². The van der Waals surface area contributed by atoms with Gasteiger partial charge in [0.2, 0.25) is 0 Å². The van der Waals surface area contributed by atoms with Gasteiger partial charge in [0.05, 0.1) is 33.4 Å². The van der Waals surface area contributed by atoms with Crippen LogP contribution in [0.3, 0.4) is 0 Å². The van der Waals surface area contributed by atoms with Crippen molar-refractivity contribution in [1.82, 2.24) is 4.90 Å². The van der Waals surface area contributed by atoms with Gasteiger partial charge in [0, 0.05) is 6.04 Å². The minimum atomic E-state index is -3.80. The molecule has 3 rings (SSSR count). The van der Waals surface area contributed by atoms with Gasteiger partial charge in [0.1, 0.15) is 0 Å². The van der Waals surface area contributed by atoms with Crippen LogP contribution in [-0.2, 0) is 10.0 Å². The van der Waals surface area contributed by atoms with E-state index in [2.05, 4.69) is 22.0 Å². The van der Waals surface area contributed by atoms with Crippen LogP contribution in [0.4, 0.5) is 11.4 Å². The molecule has 2 aromatic carbocycles. The van der Waals surface area contributed by atoms with Gasteiger partial charge in [-0.05, 0) is 51.2 Å². The first-order valence-electron chi connectivity index (χ1n) is 8.90. The molecular weight excluding hydrogens is 421 g/mol. The van der Waals surface area contributed by atoms with Crippen molar-refractivity contribution in [3.63, 3.8) is 0 Å². The lowest BCUT2D eigenvalue weighted by molar-refractivity contribution is 0.263. The molecule has 0 saturated carbocycles. The summed E-state index contributed by atoms with van der Waals surface area (Å²) in [6, 6.07) is 9.75. The number of benzene rings is 2. The quantitative estimate of drug-likeness (QED) is 0.695. The molecule has 2 aromatic rings. The standard InChI is InChI=1S/C19H23Cl2N3O3S/c1-24-10-8-13(9-11-24)22-18-17(21)16(12-15(20)19(18)27-2)23-28(25,26)14-6-4-3-5-7-14/h3-7,12-13,22-23H,8-11H2,1-2H3. The Bertz CT molecular complexity index is 931. The van der Waals surface area contributed by atoms with Gasteiger partial charge in [0.15, 0.2) is 5.75 Å². The summed E-state index contributed by atoms with van der Waals surface area (Å²) in [6.07, 6.45) is 1.88. The third-order valence-corrected chi connectivity index (χ3v) is 6.79. The summed E-state index contributed by atoms with van der Waals surface area (Å²) in [6.45, 7) is 1.93. The van der Waals surface area contributed by atoms with Crippen molar-refractivity contribution >= 4 is 44.6 Å². The zero-order chi connectivity index (χ0) is 20.3. The molecule has 1 fully saturated rings. The molecule has 9 heteroatoms. The number of nitrogens with one attached hydrogen (secondary N) is 2. The van der Waals surface area contributed by atoms with Crippen LogP contribution in [0.1, 0.15) is 12.8 Å². The van der Waals surface area contributed by atoms with E-state index >= 15 is 0 Å². The molecule has 6 nitrogen and oxygen atoms in total. The van der Waals surface area contributed by atoms with Gasteiger partial charge in [-0.3, -0.25) is 4.72 Å². The summed E-state index contributed by atoms with van der Waals surface area (Å²) in [7, 11) is -0.210. The average molecular weight is 444 g/mol. The van der Waals surface area contributed by atoms with Crippen molar-refractivity contribution in [1.29, 1.82) is 0 Å². The predicted molar refractivity (Wildman–Crippen MR) is 114 cm³/mol. The smallest absolute Gasteiger partial charge is 0.261 e. The topological polar surface area (TPSA) is 70.7 Å². The summed E-state index contributed by atoms with van der Waals surface area (Å²) in [5.74, 6) is 0.397. The Kier molecular flexibility index (Phi) is 6.60. The molecule has 0 bridgehead atoms. The summed E-state index contributed by atoms with van der Waals surface area (Å²) in [5, 5.41) is 3.89. The van der Waals surface area contributed by atoms with Crippen LogP contribution >= 0.6 is 23.2 Å². The number of anilines is 2. The molecule has 0 radical (unpaired) electrons. The molecule has 0 spiro atoms. The minimum absolute atomic E-state index is 0.142. The Morgan fingerprint density at radius 3 is 2.39 bits per heavy atom. The van der Waals surface area contributed by atoms with Gasteiger partial charge in [-0.15, -0.1) is 0 Å². The summed E-state index contributed by atoms with van der Waals surface area (Å²) < 4.78 is 33.3. The number of likely N-dealkylation sites (tertiary alicyclic amines) is 1. The molecule has 0 aliphatic carbocycles. The van der Waals surface area contributed by atoms with Crippen LogP contribution in [0, 0.1) is 0 Å². The molecule has 0 atom stereocenters. The molecule has 0 amide bonds. The van der Waals surface area contributed by atoms with E-state index in [-0.39, 0.29) is 26.7 Å². The van der Waals surface area contributed by atoms with Gasteiger partial charge in [0.25, 0.3) is 10.0 Å². The second kappa shape index (κ2) is 8.78. The van der Waals surface area contributed by atoms with Crippen molar-refractivity contribution in [2.75, 3.05) is 37.3 Å². The van der Waals surface area contributed by atoms with E-state index in [1.54, 1.807) is 18.2 Å². The van der Waals surface area contributed by atoms with Crippen molar-refractivity contribution < 1.29 is 13.2 Å². The number of sulfonamides is 1. The first-order valence-corrected chi connectivity index (χ1v) is 11.1. The summed E-state index contributed by atoms with van der Waals surface area (Å²) in [5.41, 5.74) is 0.698. The van der Waals surface area contributed by atoms with Gasteiger partial charge >= 0.3 is 0 Å². The zero-order valence-corrected chi connectivity index (χ0v) is 18.0. The second-order valence-electron chi connectivity index (χ2n) is 6.77. The maximum Gasteiger partial charge on any atom is 0.261 e. The zero-order valence-electron chi connectivity index (χ0n) is 15.7. The largest absolute Gasteiger partial charge is 0.493 e. The highest BCUT2D eigenvalue weighted by Gasteiger charge is 2.24. The number of ether oxygens (including phenoxy) is 1. The third-order valence-electron chi connectivity index (χ3n) is 4.74. The molecule has 0 unspecified atom stereocenters. The summed E-state index contributed by atoms with van der Waals surface area (Å²) in [4.78, 5) is 2.40. The number of piperidine rings is 1. The Balaban J connectivity index is 1.93. The van der Waals surface area contributed by atoms with Crippen molar-refractivity contribution in [3.8, 4) is 5.75 Å². The van der Waals surface area contributed by atoms with E-state index < -0.39 is 10.0 Å². The third kappa shape index (κ3) is 4.66. The molecule has 0 aromatic heterocycles. The highest BCUT2D eigenvalue weighted by atomic mass is 35.5. The average Bonchev–Trinajstić information content (AvgIpc) is 2.68. The first kappa shape index (κ1) is 21.0. The highest BCUT2D eigenvalue weighted by Crippen LogP contribution is 2.44. The van der Waals surface area contributed by atoms with Crippen LogP contribution in [0.5, 0.6) is 5.75 Å². The van der Waals surface area contributed by atoms with Gasteiger partial charge in [-0.1, -0.05) is 41.4 Å². The highest BCUT2D eigenvalue weighted by molar-refractivity contribution is 7.92. The monoisotopic (exact) mass is 443 g/mol. The summed E-state index contributed by atoms with van der Waals surface area (Å²) >= 11 is 12.9. The SMILES string of the molecule is COc1c(Cl)cc(NS(=O)(=O)c2ccccc2)c(Cl)c1NC1CCN(C)CC1. The van der Waals surface area contributed by atoms with Gasteiger partial charge < -0.3 is 15.0 Å². The lowest BCUT2D eigenvalue weighted by atomic mass is 10.0. The number of hydrogen-bond acceptors (Lipinski definition) is 5. The molecule has 28 heavy (non-hydrogen) atoms. The number of hydrogen-bond donors (Lipinski definition) is 2. The van der Waals surface area contributed by atoms with Crippen LogP contribution in [-0.4, -0.2) is 46.6 Å². The van der Waals surface area contributed by atoms with E-state index in [0.717, 1.165) is 25.9 Å². The lowest BCUT2D eigenvalue weighted by Gasteiger charge is -2.31. The molecule has 2 N–H and O–H groups in total. The molecular formula is C19H23Cl2N3O3S. The fraction of sp³-hybridized carbons (Fsp3) is 0.368. The van der Waals surface area contributed by atoms with E-state index in [1.165, 1.54) is 25.3 Å². The Hall–Kier alpha value is -1.67. The Morgan fingerprint density at radius 2 is 1.79 bits per heavy atom. The minimum Gasteiger partial charge on any atom is -0.493 e. The molecule has 1 aliphatic heterocycles. The fourth-order valence-corrected chi connectivity index (χ4v) is 4.84. The number of rotatable bonds is 6. The fourth-order valence-electron chi connectivity index (χ4n) is 3.17.